The van der Waals surface area contributed by atoms with Crippen LogP contribution in [0.3, 0.4) is 0 Å². The van der Waals surface area contributed by atoms with E-state index in [1.807, 2.05) is 0 Å². The summed E-state index contributed by atoms with van der Waals surface area (Å²) in [6.07, 6.45) is 2.51. The zero-order valence-corrected chi connectivity index (χ0v) is 13.1. The van der Waals surface area contributed by atoms with E-state index in [0.717, 1.165) is 0 Å². The van der Waals surface area contributed by atoms with E-state index < -0.39 is 11.7 Å². The quantitative estimate of drug-likeness (QED) is 0.813. The van der Waals surface area contributed by atoms with Crippen LogP contribution in [-0.2, 0) is 4.79 Å². The van der Waals surface area contributed by atoms with E-state index in [0.29, 0.717) is 16.5 Å². The Hall–Kier alpha value is -2.04. The van der Waals surface area contributed by atoms with Gasteiger partial charge in [0.2, 0.25) is 5.91 Å². The van der Waals surface area contributed by atoms with E-state index in [1.165, 1.54) is 31.4 Å². The average molecular weight is 340 g/mol. The van der Waals surface area contributed by atoms with E-state index in [9.17, 15) is 9.18 Å². The maximum absolute atomic E-state index is 13.6. The first kappa shape index (κ1) is 16.3. The van der Waals surface area contributed by atoms with Gasteiger partial charge in [0.15, 0.2) is 0 Å². The van der Waals surface area contributed by atoms with E-state index in [2.05, 4.69) is 5.32 Å². The largest absolute Gasteiger partial charge is 0.495 e. The predicted octanol–water partition coefficient (Wildman–Crippen LogP) is 4.79. The molecule has 22 heavy (non-hydrogen) atoms. The standard InChI is InChI=1S/C16H12Cl2FNO2/c1-22-15-7-5-10(9-13(15)18)20-16(21)8-6-11-12(17)3-2-4-14(11)19/h2-9H,1H3,(H,20,21)/b8-6+. The third-order valence-corrected chi connectivity index (χ3v) is 3.45. The molecule has 2 aromatic rings. The van der Waals surface area contributed by atoms with Crippen molar-refractivity contribution in [3.8, 4) is 5.75 Å². The van der Waals surface area contributed by atoms with E-state index >= 15 is 0 Å². The van der Waals surface area contributed by atoms with Crippen molar-refractivity contribution in [2.24, 2.45) is 0 Å². The van der Waals surface area contributed by atoms with Crippen molar-refractivity contribution < 1.29 is 13.9 Å². The molecule has 1 amide bonds. The molecule has 6 heteroatoms. The zero-order chi connectivity index (χ0) is 16.1. The molecule has 0 saturated heterocycles. The summed E-state index contributed by atoms with van der Waals surface area (Å²) in [5.74, 6) is -0.419. The van der Waals surface area contributed by atoms with Crippen molar-refractivity contribution in [2.75, 3.05) is 12.4 Å². The molecule has 3 nitrogen and oxygen atoms in total. The third-order valence-electron chi connectivity index (χ3n) is 2.82. The van der Waals surface area contributed by atoms with Crippen LogP contribution in [0.5, 0.6) is 5.75 Å². The molecule has 0 unspecified atom stereocenters. The first-order valence-corrected chi connectivity index (χ1v) is 7.03. The van der Waals surface area contributed by atoms with E-state index in [1.54, 1.807) is 24.3 Å². The van der Waals surface area contributed by atoms with Gasteiger partial charge in [-0.3, -0.25) is 4.79 Å². The molecule has 2 rings (SSSR count). The lowest BCUT2D eigenvalue weighted by molar-refractivity contribution is -0.111. The van der Waals surface area contributed by atoms with Crippen molar-refractivity contribution in [1.29, 1.82) is 0 Å². The van der Waals surface area contributed by atoms with Gasteiger partial charge in [0, 0.05) is 17.3 Å². The van der Waals surface area contributed by atoms with E-state index in [4.69, 9.17) is 27.9 Å². The molecular weight excluding hydrogens is 328 g/mol. The second-order valence-electron chi connectivity index (χ2n) is 4.31. The minimum atomic E-state index is -0.496. The summed E-state index contributed by atoms with van der Waals surface area (Å²) in [5.41, 5.74) is 0.659. The number of hydrogen-bond acceptors (Lipinski definition) is 2. The van der Waals surface area contributed by atoms with Crippen molar-refractivity contribution in [1.82, 2.24) is 0 Å². The second kappa shape index (κ2) is 7.29. The molecule has 0 bridgehead atoms. The molecule has 0 aliphatic rings. The van der Waals surface area contributed by atoms with Crippen LogP contribution in [-0.4, -0.2) is 13.0 Å². The molecule has 0 spiro atoms. The molecule has 0 aromatic heterocycles. The van der Waals surface area contributed by atoms with Crippen molar-refractivity contribution in [3.05, 3.63) is 63.9 Å². The lowest BCUT2D eigenvalue weighted by atomic mass is 10.2. The normalized spacial score (nSPS) is 10.7. The van der Waals surface area contributed by atoms with Gasteiger partial charge in [-0.1, -0.05) is 29.3 Å². The Labute approximate surface area is 137 Å². The Kier molecular flexibility index (Phi) is 5.41. The Morgan fingerprint density at radius 2 is 2.00 bits per heavy atom. The van der Waals surface area contributed by atoms with Gasteiger partial charge in [0.25, 0.3) is 0 Å². The first-order chi connectivity index (χ1) is 10.5. The molecule has 0 fully saturated rings. The van der Waals surface area contributed by atoms with Gasteiger partial charge < -0.3 is 10.1 Å². The SMILES string of the molecule is COc1ccc(NC(=O)/C=C/c2c(F)cccc2Cl)cc1Cl. The van der Waals surface area contributed by atoms with Gasteiger partial charge in [-0.05, 0) is 36.4 Å². The van der Waals surface area contributed by atoms with Crippen LogP contribution >= 0.6 is 23.2 Å². The summed E-state index contributed by atoms with van der Waals surface area (Å²) in [4.78, 5) is 11.8. The highest BCUT2D eigenvalue weighted by Crippen LogP contribution is 2.27. The van der Waals surface area contributed by atoms with Gasteiger partial charge >= 0.3 is 0 Å². The number of amides is 1. The number of benzene rings is 2. The molecule has 0 aliphatic heterocycles. The Morgan fingerprint density at radius 3 is 2.64 bits per heavy atom. The fourth-order valence-corrected chi connectivity index (χ4v) is 2.24. The van der Waals surface area contributed by atoms with Crippen LogP contribution in [0.4, 0.5) is 10.1 Å². The molecule has 0 aliphatic carbocycles. The Morgan fingerprint density at radius 1 is 1.23 bits per heavy atom. The van der Waals surface area contributed by atoms with Crippen LogP contribution < -0.4 is 10.1 Å². The van der Waals surface area contributed by atoms with Gasteiger partial charge in [-0.15, -0.1) is 0 Å². The number of carbonyl (C=O) groups is 1. The number of hydrogen-bond donors (Lipinski definition) is 1. The smallest absolute Gasteiger partial charge is 0.248 e. The number of nitrogens with one attached hydrogen (secondary N) is 1. The van der Waals surface area contributed by atoms with Crippen LogP contribution in [0.2, 0.25) is 10.0 Å². The summed E-state index contributed by atoms with van der Waals surface area (Å²) in [6.45, 7) is 0. The molecule has 0 heterocycles. The minimum absolute atomic E-state index is 0.159. The number of carbonyl (C=O) groups excluding carboxylic acids is 1. The van der Waals surface area contributed by atoms with Crippen molar-refractivity contribution in [3.63, 3.8) is 0 Å². The number of ether oxygens (including phenoxy) is 1. The van der Waals surface area contributed by atoms with Crippen LogP contribution in [0.1, 0.15) is 5.56 Å². The molecule has 0 saturated carbocycles. The summed E-state index contributed by atoms with van der Waals surface area (Å²) in [5, 5.41) is 3.22. The molecule has 0 radical (unpaired) electrons. The molecule has 2 aromatic carbocycles. The van der Waals surface area contributed by atoms with Gasteiger partial charge in [0.1, 0.15) is 11.6 Å². The van der Waals surface area contributed by atoms with Crippen LogP contribution in [0, 0.1) is 5.82 Å². The minimum Gasteiger partial charge on any atom is -0.495 e. The van der Waals surface area contributed by atoms with Crippen LogP contribution in [0.15, 0.2) is 42.5 Å². The van der Waals surface area contributed by atoms with Gasteiger partial charge in [-0.2, -0.15) is 0 Å². The summed E-state index contributed by atoms with van der Waals surface area (Å²) < 4.78 is 18.6. The van der Waals surface area contributed by atoms with Gasteiger partial charge in [0.05, 0.1) is 17.2 Å². The summed E-state index contributed by atoms with van der Waals surface area (Å²) in [6, 6.07) is 9.15. The number of halogens is 3. The topological polar surface area (TPSA) is 38.3 Å². The van der Waals surface area contributed by atoms with E-state index in [-0.39, 0.29) is 10.6 Å². The highest BCUT2D eigenvalue weighted by molar-refractivity contribution is 6.32. The summed E-state index contributed by atoms with van der Waals surface area (Å²) >= 11 is 11.8. The van der Waals surface area contributed by atoms with Crippen molar-refractivity contribution >= 4 is 40.9 Å². The Balaban J connectivity index is 2.10. The fourth-order valence-electron chi connectivity index (χ4n) is 1.76. The zero-order valence-electron chi connectivity index (χ0n) is 11.6. The maximum atomic E-state index is 13.6. The average Bonchev–Trinajstić information content (AvgIpc) is 2.47. The monoisotopic (exact) mass is 339 g/mol. The van der Waals surface area contributed by atoms with Crippen molar-refractivity contribution in [2.45, 2.75) is 0 Å². The lowest BCUT2D eigenvalue weighted by Crippen LogP contribution is -2.07. The number of anilines is 1. The fraction of sp³-hybridized carbons (Fsp3) is 0.0625. The lowest BCUT2D eigenvalue weighted by Gasteiger charge is -2.06. The number of methoxy groups -OCH3 is 1. The highest BCUT2D eigenvalue weighted by Gasteiger charge is 2.06. The van der Waals surface area contributed by atoms with Gasteiger partial charge in [-0.25, -0.2) is 4.39 Å². The third kappa shape index (κ3) is 4.00. The molecular formula is C16H12Cl2FNO2. The highest BCUT2D eigenvalue weighted by atomic mass is 35.5. The first-order valence-electron chi connectivity index (χ1n) is 6.28. The maximum Gasteiger partial charge on any atom is 0.248 e. The number of rotatable bonds is 4. The summed E-state index contributed by atoms with van der Waals surface area (Å²) in [7, 11) is 1.50. The molecule has 114 valence electrons. The predicted molar refractivity (Wildman–Crippen MR) is 87.1 cm³/mol. The second-order valence-corrected chi connectivity index (χ2v) is 5.12. The molecule has 1 N–H and O–H groups in total. The molecule has 0 atom stereocenters. The Bertz CT molecular complexity index is 712. The van der Waals surface area contributed by atoms with Crippen LogP contribution in [0.25, 0.3) is 6.08 Å².